The van der Waals surface area contributed by atoms with E-state index in [1.165, 1.54) is 5.64 Å². The van der Waals surface area contributed by atoms with Crippen molar-refractivity contribution in [2.45, 2.75) is 20.3 Å². The van der Waals surface area contributed by atoms with E-state index in [1.54, 1.807) is 0 Å². The van der Waals surface area contributed by atoms with Crippen LogP contribution in [0.25, 0.3) is 0 Å². The van der Waals surface area contributed by atoms with Crippen LogP contribution in [-0.2, 0) is 4.84 Å². The van der Waals surface area contributed by atoms with Crippen LogP contribution < -0.4 is 5.64 Å². The van der Waals surface area contributed by atoms with Crippen molar-refractivity contribution in [3.05, 3.63) is 17.9 Å². The smallest absolute Gasteiger partial charge is 0.0678 e. The Balaban J connectivity index is 3.37. The van der Waals surface area contributed by atoms with E-state index in [1.807, 2.05) is 19.9 Å². The first-order chi connectivity index (χ1) is 4.62. The van der Waals surface area contributed by atoms with Gasteiger partial charge < -0.3 is 10.0 Å². The fourth-order valence-corrected chi connectivity index (χ4v) is 0.458. The summed E-state index contributed by atoms with van der Waals surface area (Å²) in [5.74, 6) is 0. The van der Waals surface area contributed by atoms with Gasteiger partial charge in [-0.1, -0.05) is 19.9 Å². The van der Waals surface area contributed by atoms with Gasteiger partial charge in [0.25, 0.3) is 0 Å². The van der Waals surface area contributed by atoms with E-state index in [4.69, 9.17) is 0 Å². The minimum absolute atomic E-state index is 0.0524. The Labute approximate surface area is 61.6 Å². The van der Waals surface area contributed by atoms with Crippen LogP contribution in [0.5, 0.6) is 0 Å². The summed E-state index contributed by atoms with van der Waals surface area (Å²) in [5.41, 5.74) is 1.43. The molecule has 0 bridgehead atoms. The summed E-state index contributed by atoms with van der Waals surface area (Å²) in [6, 6.07) is 0. The van der Waals surface area contributed by atoms with Crippen molar-refractivity contribution in [2.75, 3.05) is 6.61 Å². The minimum atomic E-state index is 0.0524. The van der Waals surface area contributed by atoms with Crippen molar-refractivity contribution in [2.24, 2.45) is 5.41 Å². The molecule has 0 aliphatic carbocycles. The topological polar surface area (TPSA) is 44.3 Å². The van der Waals surface area contributed by atoms with Crippen molar-refractivity contribution in [3.63, 3.8) is 0 Å². The highest BCUT2D eigenvalue weighted by Gasteiger charge is 2.11. The SMILES string of the molecule is C=CC(C)(C)CCON[O-]. The van der Waals surface area contributed by atoms with E-state index in [9.17, 15) is 5.21 Å². The summed E-state index contributed by atoms with van der Waals surface area (Å²) in [6.45, 7) is 8.15. The summed E-state index contributed by atoms with van der Waals surface area (Å²) in [7, 11) is 0. The van der Waals surface area contributed by atoms with Gasteiger partial charge in [-0.25, -0.2) is 0 Å². The lowest BCUT2D eigenvalue weighted by Gasteiger charge is -2.19. The molecule has 0 saturated heterocycles. The third kappa shape index (κ3) is 4.49. The first-order valence-electron chi connectivity index (χ1n) is 3.25. The highest BCUT2D eigenvalue weighted by Crippen LogP contribution is 2.20. The second-order valence-corrected chi connectivity index (χ2v) is 2.87. The Morgan fingerprint density at radius 1 is 1.70 bits per heavy atom. The van der Waals surface area contributed by atoms with Crippen molar-refractivity contribution in [3.8, 4) is 0 Å². The van der Waals surface area contributed by atoms with Crippen LogP contribution in [0.2, 0.25) is 0 Å². The molecule has 0 aromatic heterocycles. The van der Waals surface area contributed by atoms with Gasteiger partial charge in [0.2, 0.25) is 0 Å². The monoisotopic (exact) mass is 144 g/mol. The predicted octanol–water partition coefficient (Wildman–Crippen LogP) is 1.61. The van der Waals surface area contributed by atoms with E-state index < -0.39 is 0 Å². The molecule has 0 rings (SSSR count). The Hall–Kier alpha value is -0.380. The van der Waals surface area contributed by atoms with Gasteiger partial charge in [0.15, 0.2) is 0 Å². The average Bonchev–Trinajstić information content (AvgIpc) is 1.89. The molecule has 1 N–H and O–H groups in total. The summed E-state index contributed by atoms with van der Waals surface area (Å²) >= 11 is 0. The van der Waals surface area contributed by atoms with Gasteiger partial charge >= 0.3 is 0 Å². The van der Waals surface area contributed by atoms with Gasteiger partial charge in [0, 0.05) is 0 Å². The number of nitrogens with one attached hydrogen (secondary N) is 1. The summed E-state index contributed by atoms with van der Waals surface area (Å²) in [6.07, 6.45) is 2.65. The van der Waals surface area contributed by atoms with E-state index in [0.717, 1.165) is 6.42 Å². The van der Waals surface area contributed by atoms with E-state index in [0.29, 0.717) is 6.61 Å². The molecule has 10 heavy (non-hydrogen) atoms. The third-order valence-electron chi connectivity index (χ3n) is 1.46. The Kier molecular flexibility index (Phi) is 4.27. The van der Waals surface area contributed by atoms with Gasteiger partial charge in [-0.2, -0.15) is 0 Å². The molecular formula is C7H14NO2-. The fraction of sp³-hybridized carbons (Fsp3) is 0.714. The lowest BCUT2D eigenvalue weighted by molar-refractivity contribution is 0.0567. The zero-order chi connectivity index (χ0) is 8.04. The molecule has 0 saturated carbocycles. The fourth-order valence-electron chi connectivity index (χ4n) is 0.458. The van der Waals surface area contributed by atoms with Gasteiger partial charge in [0.1, 0.15) is 0 Å². The molecule has 0 amide bonds. The molecule has 3 heteroatoms. The van der Waals surface area contributed by atoms with E-state index >= 15 is 0 Å². The van der Waals surface area contributed by atoms with Crippen LogP contribution in [0.1, 0.15) is 20.3 Å². The molecule has 0 unspecified atom stereocenters. The molecule has 0 aliphatic rings. The average molecular weight is 144 g/mol. The maximum atomic E-state index is 9.61. The first-order valence-corrected chi connectivity index (χ1v) is 3.25. The van der Waals surface area contributed by atoms with Gasteiger partial charge in [-0.3, -0.25) is 5.64 Å². The summed E-state index contributed by atoms with van der Waals surface area (Å²) in [5, 5.41) is 9.61. The molecule has 0 aromatic rings. The van der Waals surface area contributed by atoms with Crippen molar-refractivity contribution in [1.82, 2.24) is 5.64 Å². The second kappa shape index (κ2) is 4.44. The van der Waals surface area contributed by atoms with Crippen LogP contribution >= 0.6 is 0 Å². The minimum Gasteiger partial charge on any atom is -0.765 e. The maximum Gasteiger partial charge on any atom is 0.0678 e. The highest BCUT2D eigenvalue weighted by atomic mass is 16.8. The van der Waals surface area contributed by atoms with Crippen LogP contribution in [0.3, 0.4) is 0 Å². The maximum absolute atomic E-state index is 9.61. The second-order valence-electron chi connectivity index (χ2n) is 2.87. The zero-order valence-electron chi connectivity index (χ0n) is 6.52. The van der Waals surface area contributed by atoms with Gasteiger partial charge in [0.05, 0.1) is 6.61 Å². The molecule has 0 fully saturated rings. The van der Waals surface area contributed by atoms with Crippen molar-refractivity contribution < 1.29 is 4.84 Å². The molecular weight excluding hydrogens is 130 g/mol. The number of allylic oxidation sites excluding steroid dienone is 1. The lowest BCUT2D eigenvalue weighted by atomic mass is 9.90. The first kappa shape index (κ1) is 9.62. The molecule has 0 aliphatic heterocycles. The lowest BCUT2D eigenvalue weighted by Crippen LogP contribution is -2.14. The van der Waals surface area contributed by atoms with Crippen LogP contribution in [0.4, 0.5) is 0 Å². The summed E-state index contributed by atoms with van der Waals surface area (Å²) in [4.78, 5) is 4.42. The molecule has 0 aromatic carbocycles. The zero-order valence-corrected chi connectivity index (χ0v) is 6.52. The quantitative estimate of drug-likeness (QED) is 0.362. The van der Waals surface area contributed by atoms with E-state index in [2.05, 4.69) is 11.4 Å². The molecule has 60 valence electrons. The van der Waals surface area contributed by atoms with E-state index in [-0.39, 0.29) is 5.41 Å². The van der Waals surface area contributed by atoms with Crippen LogP contribution in [-0.4, -0.2) is 6.61 Å². The van der Waals surface area contributed by atoms with Crippen LogP contribution in [0.15, 0.2) is 12.7 Å². The molecule has 0 heterocycles. The van der Waals surface area contributed by atoms with Crippen molar-refractivity contribution >= 4 is 0 Å². The van der Waals surface area contributed by atoms with Crippen molar-refractivity contribution in [1.29, 1.82) is 0 Å². The molecule has 0 spiro atoms. The predicted molar refractivity (Wildman–Crippen MR) is 41.0 cm³/mol. The third-order valence-corrected chi connectivity index (χ3v) is 1.46. The van der Waals surface area contributed by atoms with Gasteiger partial charge in [-0.05, 0) is 11.8 Å². The normalized spacial score (nSPS) is 11.5. The Bertz CT molecular complexity index is 102. The number of hydrogen-bond donors (Lipinski definition) is 1. The highest BCUT2D eigenvalue weighted by molar-refractivity contribution is 4.86. The standard InChI is InChI=1S/C7H14NO2/c1-4-7(2,3)5-6-10-8-9/h4,8H,1,5-6H2,2-3H3/q-1. The Morgan fingerprint density at radius 3 is 2.70 bits per heavy atom. The molecule has 3 nitrogen and oxygen atoms in total. The van der Waals surface area contributed by atoms with Crippen LogP contribution in [0, 0.1) is 10.6 Å². The largest absolute Gasteiger partial charge is 0.765 e. The number of hydrogen-bond acceptors (Lipinski definition) is 3. The molecule has 0 atom stereocenters. The van der Waals surface area contributed by atoms with Gasteiger partial charge in [-0.15, -0.1) is 6.58 Å². The number of rotatable bonds is 5. The molecule has 0 radical (unpaired) electrons. The Morgan fingerprint density at radius 2 is 2.30 bits per heavy atom. The summed E-state index contributed by atoms with van der Waals surface area (Å²) < 4.78 is 0.